The van der Waals surface area contributed by atoms with Crippen molar-refractivity contribution in [2.75, 3.05) is 7.11 Å². The smallest absolute Gasteiger partial charge is 0.309 e. The Morgan fingerprint density at radius 2 is 2.30 bits per heavy atom. The molecule has 0 aromatic heterocycles. The average Bonchev–Trinajstić information content (AvgIpc) is 2.76. The number of ether oxygens (including phenoxy) is 1. The average molecular weight is 142 g/mol. The molecule has 0 saturated heterocycles. The van der Waals surface area contributed by atoms with Crippen LogP contribution in [0.5, 0.6) is 0 Å². The quantitative estimate of drug-likeness (QED) is 0.521. The summed E-state index contributed by atoms with van der Waals surface area (Å²) in [4.78, 5) is 10.8. The summed E-state index contributed by atoms with van der Waals surface area (Å²) < 4.78 is 4.55. The van der Waals surface area contributed by atoms with Crippen molar-refractivity contribution in [1.82, 2.24) is 0 Å². The highest BCUT2D eigenvalue weighted by molar-refractivity contribution is 5.78. The van der Waals surface area contributed by atoms with Gasteiger partial charge in [0.25, 0.3) is 0 Å². The number of hydrogen-bond donors (Lipinski definition) is 1. The zero-order valence-electron chi connectivity index (χ0n) is 5.83. The predicted molar refractivity (Wildman–Crippen MR) is 33.2 cm³/mol. The molecular formula is C7H10O3. The molecule has 56 valence electrons. The second-order valence-electron chi connectivity index (χ2n) is 3.23. The molecule has 0 aromatic rings. The third-order valence-electron chi connectivity index (χ3n) is 2.68. The molecule has 2 fully saturated rings. The minimum atomic E-state index is -0.225. The highest BCUT2D eigenvalue weighted by Gasteiger charge is 2.73. The minimum Gasteiger partial charge on any atom is -0.469 e. The lowest BCUT2D eigenvalue weighted by molar-refractivity contribution is -0.142. The molecule has 2 rings (SSSR count). The summed E-state index contributed by atoms with van der Waals surface area (Å²) in [5.74, 6) is -0.149. The van der Waals surface area contributed by atoms with Crippen LogP contribution in [0.4, 0.5) is 0 Å². The van der Waals surface area contributed by atoms with Crippen molar-refractivity contribution in [1.29, 1.82) is 0 Å². The highest BCUT2D eigenvalue weighted by atomic mass is 16.5. The van der Waals surface area contributed by atoms with Gasteiger partial charge in [0.1, 0.15) is 0 Å². The Bertz CT molecular complexity index is 189. The normalized spacial score (nSPS) is 49.0. The van der Waals surface area contributed by atoms with Crippen molar-refractivity contribution in [2.45, 2.75) is 18.9 Å². The van der Waals surface area contributed by atoms with E-state index < -0.39 is 0 Å². The number of esters is 1. The maximum absolute atomic E-state index is 10.8. The fraction of sp³-hybridized carbons (Fsp3) is 0.857. The van der Waals surface area contributed by atoms with Crippen LogP contribution in [0.25, 0.3) is 0 Å². The van der Waals surface area contributed by atoms with Gasteiger partial charge in [0, 0.05) is 5.41 Å². The fourth-order valence-corrected chi connectivity index (χ4v) is 1.68. The molecule has 0 heterocycles. The summed E-state index contributed by atoms with van der Waals surface area (Å²) in [6.45, 7) is 0. The molecule has 3 atom stereocenters. The zero-order chi connectivity index (χ0) is 7.35. The van der Waals surface area contributed by atoms with Crippen molar-refractivity contribution in [3.63, 3.8) is 0 Å². The maximum Gasteiger partial charge on any atom is 0.309 e. The molecule has 0 amide bonds. The Morgan fingerprint density at radius 1 is 1.70 bits per heavy atom. The molecule has 3 heteroatoms. The first-order chi connectivity index (χ1) is 4.70. The summed E-state index contributed by atoms with van der Waals surface area (Å²) in [6, 6.07) is 0. The summed E-state index contributed by atoms with van der Waals surface area (Å²) in [7, 11) is 1.39. The molecule has 2 saturated carbocycles. The number of methoxy groups -OCH3 is 1. The third kappa shape index (κ3) is 0.560. The minimum absolute atomic E-state index is 0.00694. The van der Waals surface area contributed by atoms with E-state index in [-0.39, 0.29) is 23.4 Å². The molecule has 2 aliphatic rings. The zero-order valence-corrected chi connectivity index (χ0v) is 5.83. The Balaban J connectivity index is 1.97. The Kier molecular flexibility index (Phi) is 0.944. The number of carbonyl (C=O) groups is 1. The van der Waals surface area contributed by atoms with Gasteiger partial charge in [-0.25, -0.2) is 0 Å². The van der Waals surface area contributed by atoms with Crippen molar-refractivity contribution in [2.24, 2.45) is 11.3 Å². The molecule has 2 aliphatic carbocycles. The van der Waals surface area contributed by atoms with Gasteiger partial charge in [-0.3, -0.25) is 4.79 Å². The van der Waals surface area contributed by atoms with Gasteiger partial charge < -0.3 is 9.84 Å². The molecule has 0 radical (unpaired) electrons. The van der Waals surface area contributed by atoms with Gasteiger partial charge >= 0.3 is 5.97 Å². The first-order valence-electron chi connectivity index (χ1n) is 3.46. The first-order valence-corrected chi connectivity index (χ1v) is 3.46. The molecule has 0 bridgehead atoms. The Hall–Kier alpha value is -0.570. The molecule has 10 heavy (non-hydrogen) atoms. The lowest BCUT2D eigenvalue weighted by Gasteiger charge is -1.93. The first kappa shape index (κ1) is 6.16. The van der Waals surface area contributed by atoms with E-state index in [1.165, 1.54) is 7.11 Å². The van der Waals surface area contributed by atoms with Gasteiger partial charge in [0.2, 0.25) is 0 Å². The molecule has 3 unspecified atom stereocenters. The summed E-state index contributed by atoms with van der Waals surface area (Å²) in [6.07, 6.45) is 1.41. The standard InChI is InChI=1S/C7H10O3/c1-10-6(9)4-2-7(4)3-5(7)8/h4-5,8H,2-3H2,1H3. The van der Waals surface area contributed by atoms with Crippen LogP contribution in [0.1, 0.15) is 12.8 Å². The van der Waals surface area contributed by atoms with Crippen LogP contribution in [0.15, 0.2) is 0 Å². The van der Waals surface area contributed by atoms with Crippen LogP contribution in [0.3, 0.4) is 0 Å². The van der Waals surface area contributed by atoms with Crippen LogP contribution >= 0.6 is 0 Å². The molecule has 0 aliphatic heterocycles. The van der Waals surface area contributed by atoms with Gasteiger partial charge in [-0.2, -0.15) is 0 Å². The van der Waals surface area contributed by atoms with E-state index in [9.17, 15) is 4.79 Å². The Morgan fingerprint density at radius 3 is 2.60 bits per heavy atom. The van der Waals surface area contributed by atoms with Crippen LogP contribution < -0.4 is 0 Å². The second-order valence-corrected chi connectivity index (χ2v) is 3.23. The number of rotatable bonds is 1. The van der Waals surface area contributed by atoms with Gasteiger partial charge in [-0.1, -0.05) is 0 Å². The molecule has 3 nitrogen and oxygen atoms in total. The highest BCUT2D eigenvalue weighted by Crippen LogP contribution is 2.70. The second kappa shape index (κ2) is 1.53. The summed E-state index contributed by atoms with van der Waals surface area (Å²) >= 11 is 0. The lowest BCUT2D eigenvalue weighted by atomic mass is 10.3. The molecule has 0 aromatic carbocycles. The predicted octanol–water partition coefficient (Wildman–Crippen LogP) is -0.0697. The van der Waals surface area contributed by atoms with Crippen LogP contribution in [0, 0.1) is 11.3 Å². The fourth-order valence-electron chi connectivity index (χ4n) is 1.68. The molecule has 1 spiro atoms. The SMILES string of the molecule is COC(=O)C1CC12CC2O. The van der Waals surface area contributed by atoms with E-state index in [0.29, 0.717) is 0 Å². The lowest BCUT2D eigenvalue weighted by Crippen LogP contribution is -2.05. The van der Waals surface area contributed by atoms with Crippen molar-refractivity contribution in [3.05, 3.63) is 0 Å². The third-order valence-corrected chi connectivity index (χ3v) is 2.68. The summed E-state index contributed by atoms with van der Waals surface area (Å²) in [5.41, 5.74) is -0.0207. The van der Waals surface area contributed by atoms with Crippen molar-refractivity contribution in [3.8, 4) is 0 Å². The van der Waals surface area contributed by atoms with E-state index in [1.54, 1.807) is 0 Å². The Labute approximate surface area is 59.0 Å². The van der Waals surface area contributed by atoms with Gasteiger partial charge in [0.05, 0.1) is 19.1 Å². The van der Waals surface area contributed by atoms with E-state index in [1.807, 2.05) is 0 Å². The van der Waals surface area contributed by atoms with E-state index >= 15 is 0 Å². The van der Waals surface area contributed by atoms with Crippen LogP contribution in [-0.2, 0) is 9.53 Å². The van der Waals surface area contributed by atoms with E-state index in [4.69, 9.17) is 5.11 Å². The molecular weight excluding hydrogens is 132 g/mol. The van der Waals surface area contributed by atoms with Gasteiger partial charge in [-0.15, -0.1) is 0 Å². The monoisotopic (exact) mass is 142 g/mol. The van der Waals surface area contributed by atoms with Crippen molar-refractivity contribution >= 4 is 5.97 Å². The van der Waals surface area contributed by atoms with Gasteiger partial charge in [0.15, 0.2) is 0 Å². The summed E-state index contributed by atoms with van der Waals surface area (Å²) in [5, 5.41) is 9.06. The largest absolute Gasteiger partial charge is 0.469 e. The van der Waals surface area contributed by atoms with Crippen molar-refractivity contribution < 1.29 is 14.6 Å². The maximum atomic E-state index is 10.8. The van der Waals surface area contributed by atoms with Crippen LogP contribution in [0.2, 0.25) is 0 Å². The van der Waals surface area contributed by atoms with E-state index in [2.05, 4.69) is 4.74 Å². The number of aliphatic hydroxyl groups is 1. The number of aliphatic hydroxyl groups excluding tert-OH is 1. The number of carbonyl (C=O) groups excluding carboxylic acids is 1. The number of hydrogen-bond acceptors (Lipinski definition) is 3. The van der Waals surface area contributed by atoms with Gasteiger partial charge in [-0.05, 0) is 12.8 Å². The topological polar surface area (TPSA) is 46.5 Å². The van der Waals surface area contributed by atoms with E-state index in [0.717, 1.165) is 12.8 Å². The molecule has 1 N–H and O–H groups in total. The van der Waals surface area contributed by atoms with Crippen LogP contribution in [-0.4, -0.2) is 24.3 Å².